The van der Waals surface area contributed by atoms with Gasteiger partial charge in [-0.05, 0) is 59.9 Å². The molecule has 2 aromatic heterocycles. The molecule has 8 nitrogen and oxygen atoms in total. The maximum Gasteiger partial charge on any atom is 0.280 e. The van der Waals surface area contributed by atoms with Crippen molar-refractivity contribution < 1.29 is 9.53 Å². The van der Waals surface area contributed by atoms with Crippen LogP contribution >= 0.6 is 12.4 Å². The molecule has 35 heavy (non-hydrogen) atoms. The van der Waals surface area contributed by atoms with Crippen molar-refractivity contribution in [3.05, 3.63) is 76.8 Å². The summed E-state index contributed by atoms with van der Waals surface area (Å²) in [5, 5.41) is 8.31. The van der Waals surface area contributed by atoms with Crippen LogP contribution in [0.2, 0.25) is 0 Å². The molecule has 0 fully saturated rings. The normalized spacial score (nSPS) is 11.7. The first-order valence-electron chi connectivity index (χ1n) is 11.0. The van der Waals surface area contributed by atoms with Gasteiger partial charge < -0.3 is 15.8 Å². The monoisotopic (exact) mass is 493 g/mol. The number of anilines is 1. The van der Waals surface area contributed by atoms with Gasteiger partial charge in [0.2, 0.25) is 5.91 Å². The summed E-state index contributed by atoms with van der Waals surface area (Å²) in [6, 6.07) is 14.2. The van der Waals surface area contributed by atoms with Crippen LogP contribution in [-0.4, -0.2) is 33.8 Å². The van der Waals surface area contributed by atoms with E-state index in [9.17, 15) is 9.59 Å². The minimum Gasteiger partial charge on any atom is -0.496 e. The van der Waals surface area contributed by atoms with E-state index >= 15 is 0 Å². The zero-order chi connectivity index (χ0) is 24.4. The van der Waals surface area contributed by atoms with Crippen LogP contribution in [-0.2, 0) is 4.79 Å². The van der Waals surface area contributed by atoms with Crippen LogP contribution in [0.4, 0.5) is 5.69 Å². The van der Waals surface area contributed by atoms with Gasteiger partial charge in [0.25, 0.3) is 5.56 Å². The van der Waals surface area contributed by atoms with Crippen molar-refractivity contribution in [2.75, 3.05) is 12.4 Å². The Labute approximate surface area is 209 Å². The number of hydrogen-bond acceptors (Lipinski definition) is 6. The first kappa shape index (κ1) is 25.9. The quantitative estimate of drug-likeness (QED) is 0.418. The summed E-state index contributed by atoms with van der Waals surface area (Å²) < 4.78 is 6.67. The van der Waals surface area contributed by atoms with Gasteiger partial charge in [-0.3, -0.25) is 9.59 Å². The van der Waals surface area contributed by atoms with Gasteiger partial charge in [-0.1, -0.05) is 32.0 Å². The second kappa shape index (κ2) is 10.7. The molecule has 1 amide bonds. The van der Waals surface area contributed by atoms with E-state index in [-0.39, 0.29) is 29.8 Å². The van der Waals surface area contributed by atoms with Crippen molar-refractivity contribution >= 4 is 34.8 Å². The number of benzene rings is 2. The highest BCUT2D eigenvalue weighted by Crippen LogP contribution is 2.31. The Morgan fingerprint density at radius 2 is 1.89 bits per heavy atom. The fourth-order valence-corrected chi connectivity index (χ4v) is 3.74. The largest absolute Gasteiger partial charge is 0.496 e. The fourth-order valence-electron chi connectivity index (χ4n) is 3.74. The lowest BCUT2D eigenvalue weighted by atomic mass is 9.98. The highest BCUT2D eigenvalue weighted by atomic mass is 35.5. The molecule has 4 aromatic rings. The Bertz CT molecular complexity index is 1420. The van der Waals surface area contributed by atoms with Crippen molar-refractivity contribution in [3.8, 4) is 22.7 Å². The van der Waals surface area contributed by atoms with E-state index in [1.54, 1.807) is 31.5 Å². The Kier molecular flexibility index (Phi) is 7.89. The molecule has 4 rings (SSSR count). The lowest BCUT2D eigenvalue weighted by Gasteiger charge is -2.15. The predicted molar refractivity (Wildman–Crippen MR) is 141 cm³/mol. The van der Waals surface area contributed by atoms with Crippen LogP contribution in [0, 0.1) is 12.8 Å². The molecule has 0 radical (unpaired) electrons. The molecule has 0 unspecified atom stereocenters. The van der Waals surface area contributed by atoms with Crippen LogP contribution in [0.15, 0.2) is 65.7 Å². The number of amides is 1. The average Bonchev–Trinajstić information content (AvgIpc) is 2.84. The Morgan fingerprint density at radius 3 is 2.54 bits per heavy atom. The van der Waals surface area contributed by atoms with E-state index < -0.39 is 6.04 Å². The lowest BCUT2D eigenvalue weighted by Crippen LogP contribution is -2.39. The van der Waals surface area contributed by atoms with Gasteiger partial charge in [0.1, 0.15) is 5.75 Å². The van der Waals surface area contributed by atoms with Crippen molar-refractivity contribution in [1.29, 1.82) is 0 Å². The standard InChI is InChI=1S/C26H27N5O3.ClH/c1-15(2)24(27)25(32)30-19-9-11-23(28-14-19)31-26(33)21-10-8-17(12-18(21)13-29-31)20-6-5-7-22(34-4)16(20)3;/h5-15,24H,27H2,1-4H3,(H,30,32);1H/t24-;/m0./s1. The zero-order valence-electron chi connectivity index (χ0n) is 20.0. The molecule has 0 bridgehead atoms. The smallest absolute Gasteiger partial charge is 0.280 e. The van der Waals surface area contributed by atoms with Gasteiger partial charge in [0, 0.05) is 5.39 Å². The second-order valence-electron chi connectivity index (χ2n) is 8.46. The predicted octanol–water partition coefficient (Wildman–Crippen LogP) is 4.11. The topological polar surface area (TPSA) is 112 Å². The van der Waals surface area contributed by atoms with E-state index in [2.05, 4.69) is 15.4 Å². The van der Waals surface area contributed by atoms with Crippen molar-refractivity contribution in [3.63, 3.8) is 0 Å². The number of fused-ring (bicyclic) bond motifs is 1. The molecule has 0 aliphatic rings. The van der Waals surface area contributed by atoms with Crippen molar-refractivity contribution in [2.45, 2.75) is 26.8 Å². The number of nitrogens with zero attached hydrogens (tertiary/aromatic N) is 3. The number of pyridine rings is 1. The van der Waals surface area contributed by atoms with Crippen LogP contribution in [0.25, 0.3) is 27.7 Å². The fraction of sp³-hybridized carbons (Fsp3) is 0.231. The number of nitrogens with two attached hydrogens (primary N) is 1. The number of halogens is 1. The molecule has 0 saturated heterocycles. The summed E-state index contributed by atoms with van der Waals surface area (Å²) in [7, 11) is 1.65. The van der Waals surface area contributed by atoms with Crippen LogP contribution in [0.1, 0.15) is 19.4 Å². The van der Waals surface area contributed by atoms with Crippen molar-refractivity contribution in [1.82, 2.24) is 14.8 Å². The third kappa shape index (κ3) is 5.18. The van der Waals surface area contributed by atoms with Gasteiger partial charge >= 0.3 is 0 Å². The summed E-state index contributed by atoms with van der Waals surface area (Å²) in [4.78, 5) is 29.6. The molecule has 0 saturated carbocycles. The van der Waals surface area contributed by atoms with E-state index in [0.717, 1.165) is 27.8 Å². The Balaban J connectivity index is 0.00000342. The number of methoxy groups -OCH3 is 1. The molecular formula is C26H28ClN5O3. The number of carbonyl (C=O) groups is 1. The molecule has 2 aromatic carbocycles. The minimum absolute atomic E-state index is 0. The first-order chi connectivity index (χ1) is 16.3. The first-order valence-corrected chi connectivity index (χ1v) is 11.0. The van der Waals surface area contributed by atoms with E-state index in [1.165, 1.54) is 10.9 Å². The van der Waals surface area contributed by atoms with Gasteiger partial charge in [-0.2, -0.15) is 9.78 Å². The second-order valence-corrected chi connectivity index (χ2v) is 8.46. The highest BCUT2D eigenvalue weighted by Gasteiger charge is 2.17. The van der Waals surface area contributed by atoms with E-state index in [1.807, 2.05) is 51.1 Å². The Hall–Kier alpha value is -3.75. The minimum atomic E-state index is -0.616. The third-order valence-electron chi connectivity index (χ3n) is 5.86. The number of nitrogens with one attached hydrogen (secondary N) is 1. The Morgan fingerprint density at radius 1 is 1.11 bits per heavy atom. The third-order valence-corrected chi connectivity index (χ3v) is 5.86. The lowest BCUT2D eigenvalue weighted by molar-refractivity contribution is -0.118. The van der Waals surface area contributed by atoms with Crippen LogP contribution in [0.5, 0.6) is 5.75 Å². The maximum absolute atomic E-state index is 13.1. The molecular weight excluding hydrogens is 466 g/mol. The molecule has 3 N–H and O–H groups in total. The highest BCUT2D eigenvalue weighted by molar-refractivity contribution is 5.94. The van der Waals surface area contributed by atoms with Crippen LogP contribution in [0.3, 0.4) is 0 Å². The molecule has 0 spiro atoms. The van der Waals surface area contributed by atoms with Gasteiger partial charge in [-0.25, -0.2) is 4.98 Å². The molecule has 2 heterocycles. The number of ether oxygens (including phenoxy) is 1. The molecule has 9 heteroatoms. The van der Waals surface area contributed by atoms with E-state index in [0.29, 0.717) is 16.9 Å². The number of aromatic nitrogens is 3. The summed E-state index contributed by atoms with van der Waals surface area (Å²) in [6.07, 6.45) is 3.13. The molecule has 1 atom stereocenters. The summed E-state index contributed by atoms with van der Waals surface area (Å²) in [5.74, 6) is 0.891. The number of rotatable bonds is 6. The van der Waals surface area contributed by atoms with E-state index in [4.69, 9.17) is 10.5 Å². The zero-order valence-corrected chi connectivity index (χ0v) is 20.8. The summed E-state index contributed by atoms with van der Waals surface area (Å²) in [6.45, 7) is 5.76. The van der Waals surface area contributed by atoms with Gasteiger partial charge in [0.05, 0.1) is 36.6 Å². The molecule has 182 valence electrons. The van der Waals surface area contributed by atoms with Gasteiger partial charge in [-0.15, -0.1) is 12.4 Å². The van der Waals surface area contributed by atoms with Crippen LogP contribution < -0.4 is 21.3 Å². The summed E-state index contributed by atoms with van der Waals surface area (Å²) >= 11 is 0. The van der Waals surface area contributed by atoms with Gasteiger partial charge in [0.15, 0.2) is 5.82 Å². The molecule has 0 aliphatic carbocycles. The summed E-state index contributed by atoms with van der Waals surface area (Å²) in [5.41, 5.74) is 9.12. The number of carbonyl (C=O) groups excluding carboxylic acids is 1. The maximum atomic E-state index is 13.1. The average molecular weight is 494 g/mol. The SMILES string of the molecule is COc1cccc(-c2ccc3c(=O)n(-c4ccc(NC(=O)[C@@H](N)C(C)C)cn4)ncc3c2)c1C.Cl. The number of hydrogen-bond donors (Lipinski definition) is 2. The van der Waals surface area contributed by atoms with Crippen molar-refractivity contribution in [2.24, 2.45) is 11.7 Å². The molecule has 0 aliphatic heterocycles.